The summed E-state index contributed by atoms with van der Waals surface area (Å²) in [6.07, 6.45) is 0. The summed E-state index contributed by atoms with van der Waals surface area (Å²) in [5.74, 6) is 1.39. The summed E-state index contributed by atoms with van der Waals surface area (Å²) in [6, 6.07) is 28.7. The number of para-hydroxylation sites is 1. The van der Waals surface area contributed by atoms with Crippen LogP contribution in [0.4, 0.5) is 5.69 Å². The van der Waals surface area contributed by atoms with Gasteiger partial charge in [0.05, 0.1) is 18.4 Å². The highest BCUT2D eigenvalue weighted by atomic mass is 32.2. The van der Waals surface area contributed by atoms with Crippen molar-refractivity contribution in [3.8, 4) is 28.9 Å². The quantitative estimate of drug-likeness (QED) is 0.254. The average molecular weight is 470 g/mol. The SMILES string of the molecule is CCOc1ccc(-n2c(SCC(=O)N(CC#N)c3ccccc3)nnc2-c2ccccc2)cc1. The maximum Gasteiger partial charge on any atom is 0.238 e. The highest BCUT2D eigenvalue weighted by Crippen LogP contribution is 2.29. The van der Waals surface area contributed by atoms with Gasteiger partial charge in [-0.2, -0.15) is 5.26 Å². The smallest absolute Gasteiger partial charge is 0.238 e. The van der Waals surface area contributed by atoms with Gasteiger partial charge in [0, 0.05) is 16.9 Å². The zero-order valence-corrected chi connectivity index (χ0v) is 19.5. The van der Waals surface area contributed by atoms with E-state index in [0.717, 1.165) is 17.0 Å². The molecule has 34 heavy (non-hydrogen) atoms. The van der Waals surface area contributed by atoms with Crippen LogP contribution in [0.5, 0.6) is 5.75 Å². The van der Waals surface area contributed by atoms with E-state index in [0.29, 0.717) is 23.3 Å². The highest BCUT2D eigenvalue weighted by molar-refractivity contribution is 7.99. The molecular formula is C26H23N5O2S. The Labute approximate surface area is 202 Å². The van der Waals surface area contributed by atoms with E-state index < -0.39 is 0 Å². The number of amides is 1. The van der Waals surface area contributed by atoms with Gasteiger partial charge in [-0.25, -0.2) is 0 Å². The Balaban J connectivity index is 1.63. The third kappa shape index (κ3) is 5.27. The van der Waals surface area contributed by atoms with Crippen LogP contribution in [0.15, 0.2) is 90.1 Å². The number of anilines is 1. The summed E-state index contributed by atoms with van der Waals surface area (Å²) in [5.41, 5.74) is 2.46. The topological polar surface area (TPSA) is 84.0 Å². The molecule has 4 aromatic rings. The number of hydrogen-bond donors (Lipinski definition) is 0. The first kappa shape index (κ1) is 23.1. The van der Waals surface area contributed by atoms with Crippen LogP contribution >= 0.6 is 11.8 Å². The Hall–Kier alpha value is -4.09. The van der Waals surface area contributed by atoms with E-state index in [1.54, 1.807) is 0 Å². The van der Waals surface area contributed by atoms with Gasteiger partial charge in [-0.1, -0.05) is 60.3 Å². The summed E-state index contributed by atoms with van der Waals surface area (Å²) in [7, 11) is 0. The number of carbonyl (C=O) groups is 1. The van der Waals surface area contributed by atoms with Crippen molar-refractivity contribution in [1.82, 2.24) is 14.8 Å². The minimum Gasteiger partial charge on any atom is -0.494 e. The normalized spacial score (nSPS) is 10.5. The monoisotopic (exact) mass is 469 g/mol. The van der Waals surface area contributed by atoms with Crippen molar-refractivity contribution in [2.45, 2.75) is 12.1 Å². The summed E-state index contributed by atoms with van der Waals surface area (Å²) in [6.45, 7) is 2.51. The van der Waals surface area contributed by atoms with Crippen molar-refractivity contribution in [3.63, 3.8) is 0 Å². The molecule has 0 saturated heterocycles. The number of carbonyl (C=O) groups excluding carboxylic acids is 1. The van der Waals surface area contributed by atoms with Crippen molar-refractivity contribution >= 4 is 23.4 Å². The highest BCUT2D eigenvalue weighted by Gasteiger charge is 2.20. The van der Waals surface area contributed by atoms with E-state index in [-0.39, 0.29) is 18.2 Å². The molecule has 3 aromatic carbocycles. The van der Waals surface area contributed by atoms with Gasteiger partial charge in [0.2, 0.25) is 5.91 Å². The van der Waals surface area contributed by atoms with Gasteiger partial charge in [0.1, 0.15) is 12.3 Å². The van der Waals surface area contributed by atoms with Crippen LogP contribution in [0.1, 0.15) is 6.92 Å². The Morgan fingerprint density at radius 2 is 1.68 bits per heavy atom. The van der Waals surface area contributed by atoms with Crippen molar-refractivity contribution < 1.29 is 9.53 Å². The minimum absolute atomic E-state index is 0.0236. The van der Waals surface area contributed by atoms with Crippen LogP contribution in [0.25, 0.3) is 17.1 Å². The second-order valence-corrected chi connectivity index (χ2v) is 8.14. The number of benzene rings is 3. The fourth-order valence-electron chi connectivity index (χ4n) is 3.43. The predicted octanol–water partition coefficient (Wildman–Crippen LogP) is 4.98. The minimum atomic E-state index is -0.180. The molecular weight excluding hydrogens is 446 g/mol. The molecule has 1 aromatic heterocycles. The van der Waals surface area contributed by atoms with Crippen molar-refractivity contribution in [2.75, 3.05) is 23.8 Å². The lowest BCUT2D eigenvalue weighted by Crippen LogP contribution is -2.32. The van der Waals surface area contributed by atoms with Gasteiger partial charge in [-0.3, -0.25) is 14.3 Å². The van der Waals surface area contributed by atoms with Crippen molar-refractivity contribution in [2.24, 2.45) is 0 Å². The number of aromatic nitrogens is 3. The Bertz CT molecular complexity index is 1270. The predicted molar refractivity (Wildman–Crippen MR) is 133 cm³/mol. The molecule has 0 N–H and O–H groups in total. The molecule has 7 nitrogen and oxygen atoms in total. The van der Waals surface area contributed by atoms with Gasteiger partial charge in [0.15, 0.2) is 11.0 Å². The second kappa shape index (κ2) is 11.2. The molecule has 1 amide bonds. The number of thioether (sulfide) groups is 1. The fraction of sp³-hybridized carbons (Fsp3) is 0.154. The summed E-state index contributed by atoms with van der Waals surface area (Å²) < 4.78 is 7.50. The fourth-order valence-corrected chi connectivity index (χ4v) is 4.26. The van der Waals surface area contributed by atoms with E-state index in [9.17, 15) is 10.1 Å². The van der Waals surface area contributed by atoms with Crippen LogP contribution in [-0.4, -0.2) is 39.6 Å². The Morgan fingerprint density at radius 3 is 2.32 bits per heavy atom. The van der Waals surface area contributed by atoms with Crippen LogP contribution in [0, 0.1) is 11.3 Å². The first-order valence-corrected chi connectivity index (χ1v) is 11.8. The van der Waals surface area contributed by atoms with E-state index in [1.807, 2.05) is 96.4 Å². The van der Waals surface area contributed by atoms with Gasteiger partial charge in [-0.05, 0) is 43.3 Å². The van der Waals surface area contributed by atoms with E-state index in [1.165, 1.54) is 16.7 Å². The lowest BCUT2D eigenvalue weighted by molar-refractivity contribution is -0.116. The second-order valence-electron chi connectivity index (χ2n) is 7.20. The third-order valence-electron chi connectivity index (χ3n) is 4.99. The molecule has 0 radical (unpaired) electrons. The first-order chi connectivity index (χ1) is 16.7. The van der Waals surface area contributed by atoms with E-state index in [4.69, 9.17) is 4.74 Å². The van der Waals surface area contributed by atoms with Crippen molar-refractivity contribution in [3.05, 3.63) is 84.9 Å². The summed E-state index contributed by atoms with van der Waals surface area (Å²) >= 11 is 1.29. The maximum absolute atomic E-state index is 13.0. The van der Waals surface area contributed by atoms with Gasteiger partial charge in [-0.15, -0.1) is 10.2 Å². The molecule has 0 fully saturated rings. The molecule has 4 rings (SSSR count). The van der Waals surface area contributed by atoms with Crippen LogP contribution in [0.2, 0.25) is 0 Å². The number of ether oxygens (including phenoxy) is 1. The Morgan fingerprint density at radius 1 is 1.00 bits per heavy atom. The molecule has 0 spiro atoms. The number of rotatable bonds is 9. The first-order valence-electron chi connectivity index (χ1n) is 10.8. The lowest BCUT2D eigenvalue weighted by Gasteiger charge is -2.19. The standard InChI is InChI=1S/C26H23N5O2S/c1-2-33-23-15-13-22(14-16-23)31-25(20-9-5-3-6-10-20)28-29-26(31)34-19-24(32)30(18-17-27)21-11-7-4-8-12-21/h3-16H,2,18-19H2,1H3. The average Bonchev–Trinajstić information content (AvgIpc) is 3.31. The molecule has 1 heterocycles. The van der Waals surface area contributed by atoms with Crippen LogP contribution in [-0.2, 0) is 4.79 Å². The molecule has 0 unspecified atom stereocenters. The third-order valence-corrected chi connectivity index (χ3v) is 5.91. The van der Waals surface area contributed by atoms with Gasteiger partial charge >= 0.3 is 0 Å². The molecule has 0 aliphatic rings. The Kier molecular flexibility index (Phi) is 7.58. The number of nitrogens with zero attached hydrogens (tertiary/aromatic N) is 5. The molecule has 0 atom stereocenters. The maximum atomic E-state index is 13.0. The molecule has 170 valence electrons. The molecule has 8 heteroatoms. The zero-order chi connectivity index (χ0) is 23.8. The molecule has 0 bridgehead atoms. The summed E-state index contributed by atoms with van der Waals surface area (Å²) in [4.78, 5) is 14.5. The lowest BCUT2D eigenvalue weighted by atomic mass is 10.2. The van der Waals surface area contributed by atoms with Crippen LogP contribution in [0.3, 0.4) is 0 Å². The van der Waals surface area contributed by atoms with Gasteiger partial charge in [0.25, 0.3) is 0 Å². The molecule has 0 saturated carbocycles. The molecule has 0 aliphatic heterocycles. The number of nitriles is 1. The molecule has 0 aliphatic carbocycles. The largest absolute Gasteiger partial charge is 0.494 e. The van der Waals surface area contributed by atoms with Crippen LogP contribution < -0.4 is 9.64 Å². The zero-order valence-electron chi connectivity index (χ0n) is 18.7. The van der Waals surface area contributed by atoms with Crippen molar-refractivity contribution in [1.29, 1.82) is 5.26 Å². The van der Waals surface area contributed by atoms with E-state index >= 15 is 0 Å². The summed E-state index contributed by atoms with van der Waals surface area (Å²) in [5, 5.41) is 18.6. The number of hydrogen-bond acceptors (Lipinski definition) is 6. The van der Waals surface area contributed by atoms with E-state index in [2.05, 4.69) is 16.3 Å². The van der Waals surface area contributed by atoms with Gasteiger partial charge < -0.3 is 4.74 Å².